The molecule has 1 atom stereocenters. The fourth-order valence-electron chi connectivity index (χ4n) is 4.07. The Balaban J connectivity index is 1.54. The second kappa shape index (κ2) is 7.80. The molecule has 154 valence electrons. The zero-order valence-corrected chi connectivity index (χ0v) is 17.5. The Bertz CT molecular complexity index is 1030. The van der Waals surface area contributed by atoms with Crippen molar-refractivity contribution in [2.24, 2.45) is 5.92 Å². The van der Waals surface area contributed by atoms with Crippen LogP contribution in [0, 0.1) is 5.92 Å². The molecule has 4 rings (SSSR count). The summed E-state index contributed by atoms with van der Waals surface area (Å²) in [6.45, 7) is 2.16. The summed E-state index contributed by atoms with van der Waals surface area (Å²) < 4.78 is 33.6. The lowest BCUT2D eigenvalue weighted by Gasteiger charge is -2.32. The van der Waals surface area contributed by atoms with Crippen LogP contribution in [0.15, 0.2) is 47.4 Å². The fraction of sp³-hybridized carbons (Fsp3) is 0.409. The average Bonchev–Trinajstić information content (AvgIpc) is 3.00. The van der Waals surface area contributed by atoms with Crippen molar-refractivity contribution in [2.45, 2.75) is 50.1 Å². The summed E-state index contributed by atoms with van der Waals surface area (Å²) in [7, 11) is -2.12. The van der Waals surface area contributed by atoms with Crippen LogP contribution in [0.5, 0.6) is 5.75 Å². The molecule has 0 saturated heterocycles. The molecular weight excluding hydrogens is 388 g/mol. The van der Waals surface area contributed by atoms with Crippen molar-refractivity contribution in [3.05, 3.63) is 53.6 Å². The fourth-order valence-corrected chi connectivity index (χ4v) is 5.12. The first-order valence-corrected chi connectivity index (χ1v) is 11.5. The van der Waals surface area contributed by atoms with E-state index in [9.17, 15) is 13.2 Å². The highest BCUT2D eigenvalue weighted by Gasteiger charge is 2.37. The van der Waals surface area contributed by atoms with E-state index < -0.39 is 10.0 Å². The molecule has 1 fully saturated rings. The van der Waals surface area contributed by atoms with Crippen LogP contribution in [0.4, 0.5) is 5.69 Å². The van der Waals surface area contributed by atoms with Gasteiger partial charge in [-0.15, -0.1) is 0 Å². The van der Waals surface area contributed by atoms with Gasteiger partial charge in [0.15, 0.2) is 0 Å². The number of methoxy groups -OCH3 is 1. The van der Waals surface area contributed by atoms with E-state index in [1.807, 2.05) is 30.0 Å². The van der Waals surface area contributed by atoms with Crippen molar-refractivity contribution in [3.8, 4) is 5.75 Å². The molecule has 1 aliphatic carbocycles. The molecule has 2 aromatic rings. The first-order chi connectivity index (χ1) is 13.9. The number of anilines is 1. The summed E-state index contributed by atoms with van der Waals surface area (Å²) in [6, 6.07) is 12.4. The number of nitrogens with zero attached hydrogens (tertiary/aromatic N) is 1. The minimum absolute atomic E-state index is 0.0533. The van der Waals surface area contributed by atoms with E-state index in [2.05, 4.69) is 4.72 Å². The quantitative estimate of drug-likeness (QED) is 0.787. The molecule has 0 aromatic heterocycles. The Morgan fingerprint density at radius 2 is 1.97 bits per heavy atom. The number of hydrogen-bond donors (Lipinski definition) is 1. The van der Waals surface area contributed by atoms with Crippen molar-refractivity contribution < 1.29 is 17.9 Å². The highest BCUT2D eigenvalue weighted by Crippen LogP contribution is 2.38. The zero-order chi connectivity index (χ0) is 20.6. The predicted molar refractivity (Wildman–Crippen MR) is 111 cm³/mol. The van der Waals surface area contributed by atoms with Crippen LogP contribution in [0.2, 0.25) is 0 Å². The van der Waals surface area contributed by atoms with Gasteiger partial charge in [-0.1, -0.05) is 24.6 Å². The van der Waals surface area contributed by atoms with Crippen molar-refractivity contribution in [1.29, 1.82) is 0 Å². The molecule has 0 bridgehead atoms. The van der Waals surface area contributed by atoms with Crippen LogP contribution in [0.25, 0.3) is 0 Å². The van der Waals surface area contributed by atoms with E-state index in [4.69, 9.17) is 4.74 Å². The minimum Gasteiger partial charge on any atom is -0.496 e. The van der Waals surface area contributed by atoms with Gasteiger partial charge < -0.3 is 9.64 Å². The molecule has 2 aromatic carbocycles. The van der Waals surface area contributed by atoms with Gasteiger partial charge in [0.05, 0.1) is 12.0 Å². The molecule has 0 radical (unpaired) electrons. The maximum Gasteiger partial charge on any atom is 0.240 e. The first-order valence-electron chi connectivity index (χ1n) is 9.98. The van der Waals surface area contributed by atoms with E-state index in [-0.39, 0.29) is 29.3 Å². The van der Waals surface area contributed by atoms with E-state index in [1.54, 1.807) is 31.4 Å². The topological polar surface area (TPSA) is 75.7 Å². The third-order valence-electron chi connectivity index (χ3n) is 5.91. The number of rotatable bonds is 6. The normalized spacial score (nSPS) is 19.0. The Morgan fingerprint density at radius 1 is 1.21 bits per heavy atom. The number of carbonyl (C=O) groups is 1. The third kappa shape index (κ3) is 3.76. The van der Waals surface area contributed by atoms with Crippen LogP contribution >= 0.6 is 0 Å². The molecule has 2 aliphatic rings. The number of ether oxygens (including phenoxy) is 1. The van der Waals surface area contributed by atoms with E-state index >= 15 is 0 Å². The van der Waals surface area contributed by atoms with Gasteiger partial charge in [-0.05, 0) is 56.0 Å². The monoisotopic (exact) mass is 414 g/mol. The smallest absolute Gasteiger partial charge is 0.240 e. The van der Waals surface area contributed by atoms with Gasteiger partial charge in [0.25, 0.3) is 0 Å². The SMILES string of the molecule is COc1ccccc1CNS(=O)(=O)c1ccc2c(c1)C[C@H](C)N2C(=O)C1CCC1. The standard InChI is InChI=1S/C22H26N2O4S/c1-15-12-18-13-19(10-11-20(18)24(15)22(25)16-7-5-8-16)29(26,27)23-14-17-6-3-4-9-21(17)28-2/h3-4,6,9-11,13,15-16,23H,5,7-8,12,14H2,1-2H3/t15-/m0/s1. The number of benzene rings is 2. The molecule has 6 nitrogen and oxygen atoms in total. The van der Waals surface area contributed by atoms with Crippen molar-refractivity contribution in [1.82, 2.24) is 4.72 Å². The molecule has 1 aliphatic heterocycles. The molecule has 7 heteroatoms. The van der Waals surface area contributed by atoms with E-state index in [0.29, 0.717) is 12.2 Å². The largest absolute Gasteiger partial charge is 0.496 e. The number of amides is 1. The van der Waals surface area contributed by atoms with Crippen molar-refractivity contribution >= 4 is 21.6 Å². The highest BCUT2D eigenvalue weighted by molar-refractivity contribution is 7.89. The average molecular weight is 415 g/mol. The van der Waals surface area contributed by atoms with Gasteiger partial charge in [0.1, 0.15) is 5.75 Å². The van der Waals surface area contributed by atoms with Crippen LogP contribution in [-0.2, 0) is 27.8 Å². The number of para-hydroxylation sites is 1. The molecule has 1 saturated carbocycles. The second-order valence-corrected chi connectivity index (χ2v) is 9.58. The molecule has 1 amide bonds. The maximum atomic E-state index is 12.8. The van der Waals surface area contributed by atoms with Gasteiger partial charge >= 0.3 is 0 Å². The van der Waals surface area contributed by atoms with Crippen LogP contribution in [0.1, 0.15) is 37.3 Å². The van der Waals surface area contributed by atoms with Gasteiger partial charge in [0.2, 0.25) is 15.9 Å². The molecule has 1 N–H and O–H groups in total. The van der Waals surface area contributed by atoms with Crippen LogP contribution in [0.3, 0.4) is 0 Å². The van der Waals surface area contributed by atoms with Gasteiger partial charge in [0, 0.05) is 29.8 Å². The Morgan fingerprint density at radius 3 is 2.66 bits per heavy atom. The number of sulfonamides is 1. The lowest BCUT2D eigenvalue weighted by Crippen LogP contribution is -2.42. The summed E-state index contributed by atoms with van der Waals surface area (Å²) in [6.07, 6.45) is 3.69. The summed E-state index contributed by atoms with van der Waals surface area (Å²) in [5, 5.41) is 0. The Kier molecular flexibility index (Phi) is 5.36. The lowest BCUT2D eigenvalue weighted by molar-refractivity contribution is -0.125. The summed E-state index contributed by atoms with van der Waals surface area (Å²) in [4.78, 5) is 14.9. The maximum absolute atomic E-state index is 12.8. The van der Waals surface area contributed by atoms with Gasteiger partial charge in [-0.25, -0.2) is 13.1 Å². The Hall–Kier alpha value is -2.38. The lowest BCUT2D eigenvalue weighted by atomic mass is 9.84. The summed E-state index contributed by atoms with van der Waals surface area (Å²) >= 11 is 0. The molecular formula is C22H26N2O4S. The number of nitrogens with one attached hydrogen (secondary N) is 1. The Labute approximate surface area is 171 Å². The van der Waals surface area contributed by atoms with Gasteiger partial charge in [-0.2, -0.15) is 0 Å². The van der Waals surface area contributed by atoms with E-state index in [0.717, 1.165) is 36.1 Å². The number of hydrogen-bond acceptors (Lipinski definition) is 4. The summed E-state index contributed by atoms with van der Waals surface area (Å²) in [5.41, 5.74) is 2.52. The summed E-state index contributed by atoms with van der Waals surface area (Å²) in [5.74, 6) is 0.935. The van der Waals surface area contributed by atoms with Crippen LogP contribution in [-0.4, -0.2) is 27.5 Å². The van der Waals surface area contributed by atoms with Crippen molar-refractivity contribution in [2.75, 3.05) is 12.0 Å². The zero-order valence-electron chi connectivity index (χ0n) is 16.7. The highest BCUT2D eigenvalue weighted by atomic mass is 32.2. The molecule has 1 heterocycles. The van der Waals surface area contributed by atoms with E-state index in [1.165, 1.54) is 0 Å². The molecule has 0 unspecified atom stereocenters. The number of fused-ring (bicyclic) bond motifs is 1. The third-order valence-corrected chi connectivity index (χ3v) is 7.31. The minimum atomic E-state index is -3.68. The molecule has 29 heavy (non-hydrogen) atoms. The van der Waals surface area contributed by atoms with Crippen molar-refractivity contribution in [3.63, 3.8) is 0 Å². The first kappa shape index (κ1) is 19.9. The second-order valence-electron chi connectivity index (χ2n) is 7.82. The predicted octanol–water partition coefficient (Wildman–Crippen LogP) is 3.25. The van der Waals surface area contributed by atoms with Crippen LogP contribution < -0.4 is 14.4 Å². The number of carbonyl (C=O) groups excluding carboxylic acids is 1. The van der Waals surface area contributed by atoms with Gasteiger partial charge in [-0.3, -0.25) is 4.79 Å². The molecule has 0 spiro atoms.